The fourth-order valence-electron chi connectivity index (χ4n) is 2.54. The molecule has 0 bridgehead atoms. The topological polar surface area (TPSA) is 27.7 Å². The van der Waals surface area contributed by atoms with E-state index in [0.717, 1.165) is 19.3 Å². The molecule has 0 N–H and O–H groups in total. The Morgan fingerprint density at radius 3 is 1.61 bits per heavy atom. The normalized spacial score (nSPS) is 14.1. The molecule has 0 fully saturated rings. The van der Waals surface area contributed by atoms with Gasteiger partial charge in [0.1, 0.15) is 0 Å². The van der Waals surface area contributed by atoms with Crippen molar-refractivity contribution < 1.29 is 14.2 Å². The summed E-state index contributed by atoms with van der Waals surface area (Å²) in [5.74, 6) is 0. The SMILES string of the molecule is C=CC(C)(C)CC(C)(C)OCCC(C)(C)OCCC(C)(C)OC. The third-order valence-corrected chi connectivity index (χ3v) is 4.38. The molecule has 23 heavy (non-hydrogen) atoms. The molecule has 0 heterocycles. The summed E-state index contributed by atoms with van der Waals surface area (Å²) in [5.41, 5.74) is -0.397. The van der Waals surface area contributed by atoms with E-state index in [-0.39, 0.29) is 22.2 Å². The average Bonchev–Trinajstić information content (AvgIpc) is 2.36. The Morgan fingerprint density at radius 2 is 1.17 bits per heavy atom. The minimum Gasteiger partial charge on any atom is -0.379 e. The Bertz CT molecular complexity index is 354. The van der Waals surface area contributed by atoms with Gasteiger partial charge in [-0.15, -0.1) is 6.58 Å². The Kier molecular flexibility index (Phi) is 8.50. The van der Waals surface area contributed by atoms with E-state index in [2.05, 4.69) is 62.0 Å². The zero-order valence-electron chi connectivity index (χ0n) is 17.0. The quantitative estimate of drug-likeness (QED) is 0.450. The molecular weight excluding hydrogens is 288 g/mol. The predicted molar refractivity (Wildman–Crippen MR) is 99.0 cm³/mol. The molecule has 0 aromatic heterocycles. The van der Waals surface area contributed by atoms with Gasteiger partial charge in [-0.25, -0.2) is 0 Å². The molecule has 0 rings (SSSR count). The van der Waals surface area contributed by atoms with Crippen molar-refractivity contribution in [2.75, 3.05) is 20.3 Å². The lowest BCUT2D eigenvalue weighted by molar-refractivity contribution is -0.0919. The van der Waals surface area contributed by atoms with Crippen molar-refractivity contribution in [1.82, 2.24) is 0 Å². The predicted octanol–water partition coefficient (Wildman–Crippen LogP) is 5.38. The maximum absolute atomic E-state index is 6.12. The van der Waals surface area contributed by atoms with Crippen LogP contribution in [0.2, 0.25) is 0 Å². The Balaban J connectivity index is 4.21. The van der Waals surface area contributed by atoms with Crippen molar-refractivity contribution in [3.05, 3.63) is 12.7 Å². The van der Waals surface area contributed by atoms with Crippen molar-refractivity contribution >= 4 is 0 Å². The van der Waals surface area contributed by atoms with Gasteiger partial charge in [-0.05, 0) is 66.2 Å². The standard InChI is InChI=1S/C20H40O3/c1-11-17(2,3)16-20(8,9)23-15-13-19(6,7)22-14-12-18(4,5)21-10/h11H,1,12-16H2,2-10H3. The van der Waals surface area contributed by atoms with Crippen LogP contribution in [0.15, 0.2) is 12.7 Å². The van der Waals surface area contributed by atoms with Crippen LogP contribution in [0.1, 0.15) is 74.7 Å². The molecule has 0 saturated heterocycles. The van der Waals surface area contributed by atoms with E-state index in [1.165, 1.54) is 0 Å². The van der Waals surface area contributed by atoms with Gasteiger partial charge in [-0.1, -0.05) is 19.9 Å². The first kappa shape index (κ1) is 22.6. The molecule has 0 atom stereocenters. The molecule has 0 aliphatic heterocycles. The molecular formula is C20H40O3. The number of allylic oxidation sites excluding steroid dienone is 1. The van der Waals surface area contributed by atoms with Crippen LogP contribution in [-0.4, -0.2) is 37.1 Å². The van der Waals surface area contributed by atoms with Crippen molar-refractivity contribution in [2.24, 2.45) is 5.41 Å². The van der Waals surface area contributed by atoms with Crippen molar-refractivity contribution in [1.29, 1.82) is 0 Å². The molecule has 138 valence electrons. The molecule has 0 saturated carbocycles. The van der Waals surface area contributed by atoms with Gasteiger partial charge in [0, 0.05) is 7.11 Å². The van der Waals surface area contributed by atoms with Gasteiger partial charge < -0.3 is 14.2 Å². The van der Waals surface area contributed by atoms with E-state index in [1.807, 2.05) is 6.08 Å². The highest BCUT2D eigenvalue weighted by Gasteiger charge is 2.28. The van der Waals surface area contributed by atoms with E-state index in [1.54, 1.807) is 7.11 Å². The van der Waals surface area contributed by atoms with Crippen LogP contribution >= 0.6 is 0 Å². The van der Waals surface area contributed by atoms with Gasteiger partial charge in [0.15, 0.2) is 0 Å². The summed E-state index contributed by atoms with van der Waals surface area (Å²) in [5, 5.41) is 0. The van der Waals surface area contributed by atoms with Crippen LogP contribution in [0.3, 0.4) is 0 Å². The van der Waals surface area contributed by atoms with E-state index in [9.17, 15) is 0 Å². The van der Waals surface area contributed by atoms with Crippen LogP contribution in [0, 0.1) is 5.41 Å². The highest BCUT2D eigenvalue weighted by atomic mass is 16.5. The summed E-state index contributed by atoms with van der Waals surface area (Å²) in [6.45, 7) is 22.4. The molecule has 0 aliphatic rings. The van der Waals surface area contributed by atoms with Gasteiger partial charge in [0.2, 0.25) is 0 Å². The van der Waals surface area contributed by atoms with Crippen molar-refractivity contribution in [3.8, 4) is 0 Å². The van der Waals surface area contributed by atoms with Crippen LogP contribution in [0.4, 0.5) is 0 Å². The van der Waals surface area contributed by atoms with Crippen molar-refractivity contribution in [2.45, 2.75) is 91.5 Å². The molecule has 0 unspecified atom stereocenters. The minimum absolute atomic E-state index is 0.0846. The van der Waals surface area contributed by atoms with Crippen LogP contribution in [0.5, 0.6) is 0 Å². The first-order chi connectivity index (χ1) is 10.2. The molecule has 0 spiro atoms. The number of hydrogen-bond donors (Lipinski definition) is 0. The second kappa shape index (κ2) is 8.64. The Hall–Kier alpha value is -0.380. The second-order valence-electron chi connectivity index (χ2n) is 9.05. The van der Waals surface area contributed by atoms with E-state index in [4.69, 9.17) is 14.2 Å². The lowest BCUT2D eigenvalue weighted by Gasteiger charge is -2.34. The fraction of sp³-hybridized carbons (Fsp3) is 0.900. The maximum atomic E-state index is 6.12. The molecule has 0 amide bonds. The number of rotatable bonds is 12. The minimum atomic E-state index is -0.187. The average molecular weight is 329 g/mol. The third-order valence-electron chi connectivity index (χ3n) is 4.38. The zero-order chi connectivity index (χ0) is 18.4. The van der Waals surface area contributed by atoms with Gasteiger partial charge >= 0.3 is 0 Å². The Labute approximate surface area is 144 Å². The van der Waals surface area contributed by atoms with Crippen molar-refractivity contribution in [3.63, 3.8) is 0 Å². The number of hydrogen-bond acceptors (Lipinski definition) is 3. The summed E-state index contributed by atoms with van der Waals surface area (Å²) in [6, 6.07) is 0. The summed E-state index contributed by atoms with van der Waals surface area (Å²) in [4.78, 5) is 0. The van der Waals surface area contributed by atoms with Gasteiger partial charge in [-0.3, -0.25) is 0 Å². The molecule has 3 heteroatoms. The monoisotopic (exact) mass is 328 g/mol. The first-order valence-corrected chi connectivity index (χ1v) is 8.71. The smallest absolute Gasteiger partial charge is 0.0648 e. The molecule has 0 aromatic rings. The molecule has 0 aromatic carbocycles. The summed E-state index contributed by atoms with van der Waals surface area (Å²) in [6.07, 6.45) is 4.71. The Morgan fingerprint density at radius 1 is 0.739 bits per heavy atom. The van der Waals surface area contributed by atoms with E-state index < -0.39 is 0 Å². The summed E-state index contributed by atoms with van der Waals surface area (Å²) in [7, 11) is 1.74. The zero-order valence-corrected chi connectivity index (χ0v) is 17.0. The summed E-state index contributed by atoms with van der Waals surface area (Å²) >= 11 is 0. The van der Waals surface area contributed by atoms with E-state index in [0.29, 0.717) is 13.2 Å². The van der Waals surface area contributed by atoms with Gasteiger partial charge in [0.05, 0.1) is 30.0 Å². The maximum Gasteiger partial charge on any atom is 0.0648 e. The van der Waals surface area contributed by atoms with Gasteiger partial charge in [-0.2, -0.15) is 0 Å². The molecule has 0 aliphatic carbocycles. The van der Waals surface area contributed by atoms with Crippen LogP contribution < -0.4 is 0 Å². The van der Waals surface area contributed by atoms with Crippen LogP contribution in [-0.2, 0) is 14.2 Å². The van der Waals surface area contributed by atoms with Crippen LogP contribution in [0.25, 0.3) is 0 Å². The van der Waals surface area contributed by atoms with Gasteiger partial charge in [0.25, 0.3) is 0 Å². The lowest BCUT2D eigenvalue weighted by Crippen LogP contribution is -2.34. The molecule has 0 radical (unpaired) electrons. The highest BCUT2D eigenvalue weighted by molar-refractivity contribution is 4.92. The first-order valence-electron chi connectivity index (χ1n) is 8.71. The second-order valence-corrected chi connectivity index (χ2v) is 9.05. The number of methoxy groups -OCH3 is 1. The summed E-state index contributed by atoms with van der Waals surface area (Å²) < 4.78 is 17.6. The largest absolute Gasteiger partial charge is 0.379 e. The van der Waals surface area contributed by atoms with E-state index >= 15 is 0 Å². The highest BCUT2D eigenvalue weighted by Crippen LogP contribution is 2.31. The fourth-order valence-corrected chi connectivity index (χ4v) is 2.54. The lowest BCUT2D eigenvalue weighted by atomic mass is 9.82. The molecule has 3 nitrogen and oxygen atoms in total. The third kappa shape index (κ3) is 10.9. The number of ether oxygens (including phenoxy) is 3.